The minimum Gasteiger partial charge on any atom is -0.462 e. The van der Waals surface area contributed by atoms with E-state index in [1.807, 2.05) is 4.68 Å². The van der Waals surface area contributed by atoms with Gasteiger partial charge in [-0.2, -0.15) is 5.10 Å². The van der Waals surface area contributed by atoms with E-state index >= 15 is 0 Å². The molecule has 114 valence electrons. The maximum Gasteiger partial charge on any atom is 0.342 e. The molecule has 0 saturated heterocycles. The number of nitrogens with two attached hydrogens (primary N) is 1. The highest BCUT2D eigenvalue weighted by Gasteiger charge is 2.21. The Kier molecular flexibility index (Phi) is 4.72. The van der Waals surface area contributed by atoms with Gasteiger partial charge in [0.05, 0.1) is 34.9 Å². The zero-order valence-electron chi connectivity index (χ0n) is 12.7. The van der Waals surface area contributed by atoms with Gasteiger partial charge in [-0.15, -0.1) is 11.8 Å². The fraction of sp³-hybridized carbons (Fsp3) is 0.500. The number of pyridine rings is 1. The van der Waals surface area contributed by atoms with Gasteiger partial charge in [-0.1, -0.05) is 6.92 Å². The zero-order valence-corrected chi connectivity index (χ0v) is 13.5. The van der Waals surface area contributed by atoms with Crippen LogP contribution in [-0.4, -0.2) is 33.1 Å². The lowest BCUT2D eigenvalue weighted by Gasteiger charge is -2.13. The highest BCUT2D eigenvalue weighted by Crippen LogP contribution is 2.30. The third-order valence-corrected chi connectivity index (χ3v) is 4.21. The number of thioether (sulfide) groups is 1. The van der Waals surface area contributed by atoms with Crippen LogP contribution in [0.5, 0.6) is 0 Å². The number of ether oxygens (including phenoxy) is 1. The minimum atomic E-state index is -0.439. The van der Waals surface area contributed by atoms with E-state index in [1.165, 1.54) is 0 Å². The van der Waals surface area contributed by atoms with Crippen LogP contribution in [0.2, 0.25) is 0 Å². The fourth-order valence-electron chi connectivity index (χ4n) is 2.24. The SMILES string of the molecule is CCOC(=O)c1c(C)nc2c(cnn2C(C)SCC)c1N. The number of anilines is 1. The summed E-state index contributed by atoms with van der Waals surface area (Å²) in [6.45, 7) is 7.99. The van der Waals surface area contributed by atoms with E-state index in [0.717, 1.165) is 5.75 Å². The van der Waals surface area contributed by atoms with Crippen molar-refractivity contribution in [2.24, 2.45) is 0 Å². The maximum absolute atomic E-state index is 12.0. The molecule has 0 fully saturated rings. The molecule has 6 nitrogen and oxygen atoms in total. The van der Waals surface area contributed by atoms with E-state index in [2.05, 4.69) is 23.9 Å². The van der Waals surface area contributed by atoms with E-state index in [0.29, 0.717) is 34.6 Å². The summed E-state index contributed by atoms with van der Waals surface area (Å²) in [4.78, 5) is 16.5. The molecule has 0 radical (unpaired) electrons. The number of fused-ring (bicyclic) bond motifs is 1. The van der Waals surface area contributed by atoms with Crippen LogP contribution in [0.4, 0.5) is 5.69 Å². The monoisotopic (exact) mass is 308 g/mol. The third kappa shape index (κ3) is 2.83. The van der Waals surface area contributed by atoms with Crippen LogP contribution in [0.1, 0.15) is 42.2 Å². The molecule has 0 spiro atoms. The highest BCUT2D eigenvalue weighted by molar-refractivity contribution is 7.99. The molecule has 21 heavy (non-hydrogen) atoms. The van der Waals surface area contributed by atoms with Crippen LogP contribution in [0.15, 0.2) is 6.20 Å². The summed E-state index contributed by atoms with van der Waals surface area (Å²) >= 11 is 1.76. The largest absolute Gasteiger partial charge is 0.462 e. The van der Waals surface area contributed by atoms with Crippen molar-refractivity contribution in [3.05, 3.63) is 17.5 Å². The number of aryl methyl sites for hydroxylation is 1. The summed E-state index contributed by atoms with van der Waals surface area (Å²) in [5, 5.41) is 5.21. The van der Waals surface area contributed by atoms with Gasteiger partial charge in [-0.25, -0.2) is 14.5 Å². The Morgan fingerprint density at radius 2 is 2.24 bits per heavy atom. The summed E-state index contributed by atoms with van der Waals surface area (Å²) in [5.41, 5.74) is 8.12. The zero-order chi connectivity index (χ0) is 15.6. The van der Waals surface area contributed by atoms with Crippen molar-refractivity contribution < 1.29 is 9.53 Å². The Morgan fingerprint density at radius 3 is 2.86 bits per heavy atom. The van der Waals surface area contributed by atoms with Gasteiger partial charge in [-0.3, -0.25) is 0 Å². The number of nitrogen functional groups attached to an aromatic ring is 1. The highest BCUT2D eigenvalue weighted by atomic mass is 32.2. The van der Waals surface area contributed by atoms with Gasteiger partial charge < -0.3 is 10.5 Å². The summed E-state index contributed by atoms with van der Waals surface area (Å²) in [6.07, 6.45) is 1.66. The maximum atomic E-state index is 12.0. The molecule has 1 unspecified atom stereocenters. The van der Waals surface area contributed by atoms with Crippen molar-refractivity contribution in [2.75, 3.05) is 18.1 Å². The molecule has 0 aliphatic heterocycles. The van der Waals surface area contributed by atoms with E-state index in [1.54, 1.807) is 31.8 Å². The van der Waals surface area contributed by atoms with Crippen LogP contribution < -0.4 is 5.73 Å². The third-order valence-electron chi connectivity index (χ3n) is 3.20. The standard InChI is InChI=1S/C14H20N4O2S/c1-5-20-14(19)11-8(3)17-13-10(12(11)15)7-16-18(13)9(4)21-6-2/h7,9H,5-6H2,1-4H3,(H2,15,17). The van der Waals surface area contributed by atoms with Gasteiger partial charge in [0.2, 0.25) is 0 Å². The van der Waals surface area contributed by atoms with Crippen molar-refractivity contribution in [3.63, 3.8) is 0 Å². The predicted molar refractivity (Wildman–Crippen MR) is 85.5 cm³/mol. The van der Waals surface area contributed by atoms with E-state index < -0.39 is 5.97 Å². The molecular weight excluding hydrogens is 288 g/mol. The molecule has 0 saturated carbocycles. The minimum absolute atomic E-state index is 0.159. The molecule has 2 N–H and O–H groups in total. The van der Waals surface area contributed by atoms with Crippen LogP contribution in [0, 0.1) is 6.92 Å². The molecule has 2 heterocycles. The second-order valence-electron chi connectivity index (χ2n) is 4.59. The summed E-state index contributed by atoms with van der Waals surface area (Å²) in [5.74, 6) is 0.545. The number of hydrogen-bond donors (Lipinski definition) is 1. The average Bonchev–Trinajstić information content (AvgIpc) is 2.83. The number of hydrogen-bond acceptors (Lipinski definition) is 6. The molecular formula is C14H20N4O2S. The van der Waals surface area contributed by atoms with Crippen LogP contribution in [0.3, 0.4) is 0 Å². The van der Waals surface area contributed by atoms with Crippen molar-refractivity contribution in [3.8, 4) is 0 Å². The Morgan fingerprint density at radius 1 is 1.52 bits per heavy atom. The fourth-order valence-corrected chi connectivity index (χ4v) is 3.02. The Balaban J connectivity index is 2.57. The van der Waals surface area contributed by atoms with Crippen LogP contribution in [-0.2, 0) is 4.74 Å². The second kappa shape index (κ2) is 6.34. The van der Waals surface area contributed by atoms with Gasteiger partial charge >= 0.3 is 5.97 Å². The molecule has 0 aliphatic rings. The van der Waals surface area contributed by atoms with Crippen LogP contribution in [0.25, 0.3) is 11.0 Å². The molecule has 7 heteroatoms. The van der Waals surface area contributed by atoms with Crippen molar-refractivity contribution in [1.29, 1.82) is 0 Å². The lowest BCUT2D eigenvalue weighted by molar-refractivity contribution is 0.0526. The Hall–Kier alpha value is -1.76. The second-order valence-corrected chi connectivity index (χ2v) is 6.18. The summed E-state index contributed by atoms with van der Waals surface area (Å²) in [7, 11) is 0. The number of carbonyl (C=O) groups is 1. The van der Waals surface area contributed by atoms with Gasteiger partial charge in [-0.05, 0) is 26.5 Å². The smallest absolute Gasteiger partial charge is 0.342 e. The first-order chi connectivity index (χ1) is 10.0. The van der Waals surface area contributed by atoms with E-state index in [9.17, 15) is 4.79 Å². The Labute approximate surface area is 128 Å². The van der Waals surface area contributed by atoms with Gasteiger partial charge in [0, 0.05) is 0 Å². The predicted octanol–water partition coefficient (Wildman–Crippen LogP) is 2.77. The lowest BCUT2D eigenvalue weighted by atomic mass is 10.1. The van der Waals surface area contributed by atoms with Crippen LogP contribution >= 0.6 is 11.8 Å². The molecule has 2 aromatic heterocycles. The quantitative estimate of drug-likeness (QED) is 0.855. The van der Waals surface area contributed by atoms with Crippen molar-refractivity contribution >= 4 is 34.5 Å². The topological polar surface area (TPSA) is 83.0 Å². The molecule has 0 aromatic carbocycles. The number of nitrogens with zero attached hydrogens (tertiary/aromatic N) is 3. The first-order valence-electron chi connectivity index (χ1n) is 6.93. The number of carbonyl (C=O) groups excluding carboxylic acids is 1. The number of esters is 1. The Bertz CT molecular complexity index is 669. The molecule has 2 rings (SSSR count). The van der Waals surface area contributed by atoms with Gasteiger partial charge in [0.15, 0.2) is 5.65 Å². The lowest BCUT2D eigenvalue weighted by Crippen LogP contribution is -2.13. The summed E-state index contributed by atoms with van der Waals surface area (Å²) in [6, 6.07) is 0. The molecule has 0 amide bonds. The van der Waals surface area contributed by atoms with Crippen molar-refractivity contribution in [1.82, 2.24) is 14.8 Å². The molecule has 0 bridgehead atoms. The first-order valence-corrected chi connectivity index (χ1v) is 7.98. The average molecular weight is 308 g/mol. The first kappa shape index (κ1) is 15.6. The van der Waals surface area contributed by atoms with Gasteiger partial charge in [0.25, 0.3) is 0 Å². The molecule has 2 aromatic rings. The number of rotatable bonds is 5. The van der Waals surface area contributed by atoms with E-state index in [4.69, 9.17) is 10.5 Å². The molecule has 1 atom stereocenters. The summed E-state index contributed by atoms with van der Waals surface area (Å²) < 4.78 is 6.88. The van der Waals surface area contributed by atoms with Crippen molar-refractivity contribution in [2.45, 2.75) is 33.1 Å². The normalized spacial score (nSPS) is 12.6. The molecule has 0 aliphatic carbocycles. The van der Waals surface area contributed by atoms with Gasteiger partial charge in [0.1, 0.15) is 5.56 Å². The number of aromatic nitrogens is 3. The van der Waals surface area contributed by atoms with E-state index in [-0.39, 0.29) is 5.37 Å².